The van der Waals surface area contributed by atoms with Crippen LogP contribution in [0.4, 0.5) is 5.82 Å². The van der Waals surface area contributed by atoms with Crippen LogP contribution in [0.25, 0.3) is 0 Å². The molecule has 0 radical (unpaired) electrons. The van der Waals surface area contributed by atoms with Gasteiger partial charge in [0.15, 0.2) is 0 Å². The van der Waals surface area contributed by atoms with E-state index in [1.807, 2.05) is 12.3 Å². The number of aromatic nitrogens is 2. The lowest BCUT2D eigenvalue weighted by atomic mass is 9.88. The highest BCUT2D eigenvalue weighted by Gasteiger charge is 2.31. The molecule has 24 heavy (non-hydrogen) atoms. The molecule has 126 valence electrons. The zero-order valence-electron chi connectivity index (χ0n) is 14.1. The third kappa shape index (κ3) is 2.96. The van der Waals surface area contributed by atoms with E-state index < -0.39 is 0 Å². The minimum atomic E-state index is 0.109. The van der Waals surface area contributed by atoms with E-state index in [0.29, 0.717) is 12.5 Å². The summed E-state index contributed by atoms with van der Waals surface area (Å²) in [5.74, 6) is 1.26. The maximum absolute atomic E-state index is 12.3. The molecule has 2 aliphatic rings. The number of likely N-dealkylation sites (tertiary alicyclic amines) is 1. The molecule has 1 amide bonds. The molecule has 1 aromatic carbocycles. The van der Waals surface area contributed by atoms with E-state index in [9.17, 15) is 4.79 Å². The molecular weight excluding hydrogens is 300 g/mol. The molecule has 1 saturated heterocycles. The molecule has 1 aromatic heterocycles. The molecule has 2 aromatic rings. The average Bonchev–Trinajstić information content (AvgIpc) is 3.00. The number of carbonyl (C=O) groups excluding carboxylic acids is 1. The van der Waals surface area contributed by atoms with Gasteiger partial charge in [-0.1, -0.05) is 30.3 Å². The Morgan fingerprint density at radius 1 is 1.21 bits per heavy atom. The Bertz CT molecular complexity index is 716. The molecule has 0 aliphatic carbocycles. The van der Waals surface area contributed by atoms with Gasteiger partial charge in [-0.3, -0.25) is 4.79 Å². The van der Waals surface area contributed by atoms with Crippen molar-refractivity contribution in [1.82, 2.24) is 14.7 Å². The molecule has 0 bridgehead atoms. The summed E-state index contributed by atoms with van der Waals surface area (Å²) in [5.41, 5.74) is 2.47. The second kappa shape index (κ2) is 6.40. The van der Waals surface area contributed by atoms with E-state index >= 15 is 0 Å². The Kier molecular flexibility index (Phi) is 4.10. The van der Waals surface area contributed by atoms with Crippen LogP contribution in [0.3, 0.4) is 0 Å². The van der Waals surface area contributed by atoms with E-state index in [2.05, 4.69) is 51.3 Å². The third-order valence-corrected chi connectivity index (χ3v) is 5.31. The topological polar surface area (TPSA) is 50.2 Å². The van der Waals surface area contributed by atoms with Crippen molar-refractivity contribution in [1.29, 1.82) is 0 Å². The fourth-order valence-electron chi connectivity index (χ4n) is 3.92. The van der Waals surface area contributed by atoms with Crippen molar-refractivity contribution in [2.24, 2.45) is 0 Å². The highest BCUT2D eigenvalue weighted by atomic mass is 16.1. The fraction of sp³-hybridized carbons (Fsp3) is 0.474. The molecule has 5 heteroatoms. The van der Waals surface area contributed by atoms with Gasteiger partial charge in [0.25, 0.3) is 0 Å². The van der Waals surface area contributed by atoms with Gasteiger partial charge >= 0.3 is 0 Å². The minimum absolute atomic E-state index is 0.109. The maximum atomic E-state index is 12.3. The monoisotopic (exact) mass is 324 g/mol. The van der Waals surface area contributed by atoms with E-state index in [-0.39, 0.29) is 11.8 Å². The first-order valence-electron chi connectivity index (χ1n) is 8.80. The van der Waals surface area contributed by atoms with Gasteiger partial charge in [-0.05, 0) is 45.0 Å². The lowest BCUT2D eigenvalue weighted by molar-refractivity contribution is -0.116. The van der Waals surface area contributed by atoms with Crippen LogP contribution in [0.1, 0.15) is 42.3 Å². The number of nitrogens with zero attached hydrogens (tertiary/aromatic N) is 3. The lowest BCUT2D eigenvalue weighted by Gasteiger charge is -2.31. The first-order valence-corrected chi connectivity index (χ1v) is 8.80. The number of benzene rings is 1. The summed E-state index contributed by atoms with van der Waals surface area (Å²) in [7, 11) is 2.16. The van der Waals surface area contributed by atoms with Crippen molar-refractivity contribution in [3.63, 3.8) is 0 Å². The Morgan fingerprint density at radius 2 is 1.96 bits per heavy atom. The number of hydrogen-bond donors (Lipinski definition) is 1. The van der Waals surface area contributed by atoms with Crippen molar-refractivity contribution in [3.8, 4) is 0 Å². The van der Waals surface area contributed by atoms with E-state index in [1.54, 1.807) is 0 Å². The van der Waals surface area contributed by atoms with Gasteiger partial charge in [0.2, 0.25) is 5.91 Å². The Morgan fingerprint density at radius 3 is 2.71 bits per heavy atom. The number of carbonyl (C=O) groups is 1. The van der Waals surface area contributed by atoms with Crippen molar-refractivity contribution in [3.05, 3.63) is 47.7 Å². The predicted molar refractivity (Wildman–Crippen MR) is 94.1 cm³/mol. The van der Waals surface area contributed by atoms with Gasteiger partial charge in [0.1, 0.15) is 5.82 Å². The van der Waals surface area contributed by atoms with Crippen LogP contribution >= 0.6 is 0 Å². The summed E-state index contributed by atoms with van der Waals surface area (Å²) in [6.45, 7) is 2.17. The van der Waals surface area contributed by atoms with E-state index in [0.717, 1.165) is 38.2 Å². The van der Waals surface area contributed by atoms with Crippen molar-refractivity contribution in [2.75, 3.05) is 25.5 Å². The summed E-state index contributed by atoms with van der Waals surface area (Å²) in [5, 5.41) is 7.74. The number of amides is 1. The number of nitrogens with one attached hydrogen (secondary N) is 1. The molecule has 2 aliphatic heterocycles. The summed E-state index contributed by atoms with van der Waals surface area (Å²) in [6, 6.07) is 10.8. The van der Waals surface area contributed by atoms with Crippen LogP contribution in [0.5, 0.6) is 0 Å². The predicted octanol–water partition coefficient (Wildman–Crippen LogP) is 2.82. The van der Waals surface area contributed by atoms with Crippen molar-refractivity contribution < 1.29 is 4.79 Å². The number of anilines is 1. The van der Waals surface area contributed by atoms with Crippen LogP contribution in [0.2, 0.25) is 0 Å². The zero-order valence-corrected chi connectivity index (χ0v) is 14.1. The summed E-state index contributed by atoms with van der Waals surface area (Å²) in [6.07, 6.45) is 5.58. The number of rotatable bonds is 3. The molecule has 3 heterocycles. The number of piperidine rings is 1. The first kappa shape index (κ1) is 15.4. The normalized spacial score (nSPS) is 22.2. The Labute approximate surface area is 142 Å². The van der Waals surface area contributed by atoms with Gasteiger partial charge in [-0.2, -0.15) is 5.10 Å². The minimum Gasteiger partial charge on any atom is -0.311 e. The van der Waals surface area contributed by atoms with Crippen LogP contribution in [-0.2, 0) is 11.2 Å². The SMILES string of the molecule is CN1CCC(n2ncc3c2NC(=O)CC3Cc2ccccc2)CC1. The molecule has 1 fully saturated rings. The van der Waals surface area contributed by atoms with Crippen molar-refractivity contribution >= 4 is 11.7 Å². The number of hydrogen-bond acceptors (Lipinski definition) is 3. The number of fused-ring (bicyclic) bond motifs is 1. The van der Waals surface area contributed by atoms with E-state index in [4.69, 9.17) is 0 Å². The Balaban J connectivity index is 1.60. The fourth-order valence-corrected chi connectivity index (χ4v) is 3.92. The van der Waals surface area contributed by atoms with Gasteiger partial charge in [-0.15, -0.1) is 0 Å². The van der Waals surface area contributed by atoms with Gasteiger partial charge in [0, 0.05) is 17.9 Å². The molecule has 0 spiro atoms. The highest BCUT2D eigenvalue weighted by Crippen LogP contribution is 2.37. The Hall–Kier alpha value is -2.14. The molecular formula is C19H24N4O. The molecule has 1 unspecified atom stereocenters. The van der Waals surface area contributed by atoms with Gasteiger partial charge < -0.3 is 10.2 Å². The third-order valence-electron chi connectivity index (χ3n) is 5.31. The van der Waals surface area contributed by atoms with Crippen LogP contribution < -0.4 is 5.32 Å². The quantitative estimate of drug-likeness (QED) is 0.944. The van der Waals surface area contributed by atoms with Crippen molar-refractivity contribution in [2.45, 2.75) is 37.6 Å². The molecule has 1 N–H and O–H groups in total. The van der Waals surface area contributed by atoms with E-state index in [1.165, 1.54) is 11.1 Å². The zero-order chi connectivity index (χ0) is 16.5. The van der Waals surface area contributed by atoms with Gasteiger partial charge in [0.05, 0.1) is 12.2 Å². The summed E-state index contributed by atoms with van der Waals surface area (Å²) < 4.78 is 2.07. The smallest absolute Gasteiger partial charge is 0.226 e. The summed E-state index contributed by atoms with van der Waals surface area (Å²) in [4.78, 5) is 14.6. The van der Waals surface area contributed by atoms with Gasteiger partial charge in [-0.25, -0.2) is 4.68 Å². The highest BCUT2D eigenvalue weighted by molar-refractivity contribution is 5.93. The molecule has 0 saturated carbocycles. The van der Waals surface area contributed by atoms with Crippen LogP contribution in [0.15, 0.2) is 36.5 Å². The summed E-state index contributed by atoms with van der Waals surface area (Å²) >= 11 is 0. The standard InChI is InChI=1S/C19H24N4O/c1-22-9-7-16(8-10-22)23-19-17(13-20-23)15(12-18(24)21-19)11-14-5-3-2-4-6-14/h2-6,13,15-16H,7-12H2,1H3,(H,21,24). The lowest BCUT2D eigenvalue weighted by Crippen LogP contribution is -2.33. The molecule has 4 rings (SSSR count). The largest absolute Gasteiger partial charge is 0.311 e. The average molecular weight is 324 g/mol. The van der Waals surface area contributed by atoms with Crippen LogP contribution in [0, 0.1) is 0 Å². The second-order valence-electron chi connectivity index (χ2n) is 7.07. The molecule has 5 nitrogen and oxygen atoms in total. The first-order chi connectivity index (χ1) is 11.7. The molecule has 1 atom stereocenters. The second-order valence-corrected chi connectivity index (χ2v) is 7.07. The van der Waals surface area contributed by atoms with Crippen LogP contribution in [-0.4, -0.2) is 40.7 Å². The maximum Gasteiger partial charge on any atom is 0.226 e.